The second-order valence-corrected chi connectivity index (χ2v) is 5.69. The Morgan fingerprint density at radius 3 is 2.40 bits per heavy atom. The highest BCUT2D eigenvalue weighted by Crippen LogP contribution is 2.36. The Hall–Kier alpha value is -0.0800. The third-order valence-corrected chi connectivity index (χ3v) is 3.93. The molecule has 1 saturated carbocycles. The maximum absolute atomic E-state index is 10.3. The first-order valence-corrected chi connectivity index (χ1v) is 6.44. The van der Waals surface area contributed by atoms with E-state index in [0.717, 1.165) is 6.42 Å². The van der Waals surface area contributed by atoms with E-state index in [1.54, 1.807) is 0 Å². The van der Waals surface area contributed by atoms with Crippen LogP contribution in [0.25, 0.3) is 0 Å². The van der Waals surface area contributed by atoms with Crippen LogP contribution >= 0.6 is 0 Å². The molecule has 1 aliphatic carbocycles. The maximum atomic E-state index is 10.3. The predicted molar refractivity (Wildman–Crippen MR) is 64.5 cm³/mol. The summed E-state index contributed by atoms with van der Waals surface area (Å²) in [5, 5.41) is 10.3. The molecule has 15 heavy (non-hydrogen) atoms. The van der Waals surface area contributed by atoms with Crippen LogP contribution in [-0.4, -0.2) is 17.8 Å². The summed E-state index contributed by atoms with van der Waals surface area (Å²) in [6.07, 6.45) is 4.63. The smallest absolute Gasteiger partial charge is 0.0611 e. The summed E-state index contributed by atoms with van der Waals surface area (Å²) in [7, 11) is 0. The van der Waals surface area contributed by atoms with Crippen molar-refractivity contribution in [3.63, 3.8) is 0 Å². The number of hydrogen-bond acceptors (Lipinski definition) is 2. The monoisotopic (exact) mass is 213 g/mol. The molecular formula is C13H27NO. The normalized spacial score (nSPS) is 30.8. The molecule has 0 aromatic carbocycles. The van der Waals surface area contributed by atoms with Gasteiger partial charge in [-0.25, -0.2) is 0 Å². The summed E-state index contributed by atoms with van der Waals surface area (Å²) in [6, 6.07) is 0. The molecule has 1 rings (SSSR count). The average Bonchev–Trinajstić information content (AvgIpc) is 2.59. The molecule has 0 heterocycles. The van der Waals surface area contributed by atoms with E-state index >= 15 is 0 Å². The molecule has 2 nitrogen and oxygen atoms in total. The molecule has 1 fully saturated rings. The van der Waals surface area contributed by atoms with E-state index in [2.05, 4.69) is 20.8 Å². The number of rotatable bonds is 5. The largest absolute Gasteiger partial charge is 0.392 e. The molecule has 3 N–H and O–H groups in total. The first-order chi connectivity index (χ1) is 7.06. The minimum atomic E-state index is -0.171. The molecule has 0 spiro atoms. The lowest BCUT2D eigenvalue weighted by molar-refractivity contribution is 0.0312. The fourth-order valence-corrected chi connectivity index (χ4v) is 3.01. The molecule has 0 saturated heterocycles. The molecular weight excluding hydrogens is 186 g/mol. The van der Waals surface area contributed by atoms with Gasteiger partial charge in [0, 0.05) is 0 Å². The van der Waals surface area contributed by atoms with Crippen molar-refractivity contribution in [2.45, 2.75) is 52.6 Å². The van der Waals surface area contributed by atoms with Crippen LogP contribution in [0.4, 0.5) is 0 Å². The molecule has 0 aromatic heterocycles. The van der Waals surface area contributed by atoms with E-state index in [1.807, 2.05) is 0 Å². The van der Waals surface area contributed by atoms with Crippen LogP contribution in [-0.2, 0) is 0 Å². The molecule has 4 atom stereocenters. The van der Waals surface area contributed by atoms with Crippen molar-refractivity contribution in [2.75, 3.05) is 6.54 Å². The van der Waals surface area contributed by atoms with Gasteiger partial charge in [-0.2, -0.15) is 0 Å². The van der Waals surface area contributed by atoms with Crippen molar-refractivity contribution < 1.29 is 5.11 Å². The molecule has 1 aliphatic rings. The first-order valence-electron chi connectivity index (χ1n) is 6.44. The van der Waals surface area contributed by atoms with Crippen LogP contribution in [0.1, 0.15) is 46.5 Å². The van der Waals surface area contributed by atoms with Crippen LogP contribution in [0.5, 0.6) is 0 Å². The van der Waals surface area contributed by atoms with Crippen LogP contribution in [0.2, 0.25) is 0 Å². The predicted octanol–water partition coefficient (Wildman–Crippen LogP) is 2.40. The van der Waals surface area contributed by atoms with E-state index in [1.165, 1.54) is 19.3 Å². The van der Waals surface area contributed by atoms with E-state index in [9.17, 15) is 5.11 Å². The average molecular weight is 213 g/mol. The fraction of sp³-hybridized carbons (Fsp3) is 1.00. The number of hydrogen-bond donors (Lipinski definition) is 2. The van der Waals surface area contributed by atoms with Gasteiger partial charge in [0.2, 0.25) is 0 Å². The van der Waals surface area contributed by atoms with Gasteiger partial charge >= 0.3 is 0 Å². The summed E-state index contributed by atoms with van der Waals surface area (Å²) in [4.78, 5) is 0. The van der Waals surface area contributed by atoms with Crippen LogP contribution in [0.3, 0.4) is 0 Å². The van der Waals surface area contributed by atoms with Crippen molar-refractivity contribution in [3.8, 4) is 0 Å². The highest BCUT2D eigenvalue weighted by molar-refractivity contribution is 4.85. The van der Waals surface area contributed by atoms with E-state index in [4.69, 9.17) is 5.73 Å². The quantitative estimate of drug-likeness (QED) is 0.736. The van der Waals surface area contributed by atoms with Gasteiger partial charge in [-0.05, 0) is 43.1 Å². The van der Waals surface area contributed by atoms with Crippen LogP contribution < -0.4 is 5.73 Å². The van der Waals surface area contributed by atoms with Gasteiger partial charge in [0.25, 0.3) is 0 Å². The molecule has 90 valence electrons. The Balaban J connectivity index is 2.51. The Morgan fingerprint density at radius 2 is 2.00 bits per heavy atom. The molecule has 0 radical (unpaired) electrons. The lowest BCUT2D eigenvalue weighted by Gasteiger charge is -2.30. The second-order valence-electron chi connectivity index (χ2n) is 5.69. The zero-order chi connectivity index (χ0) is 11.4. The number of nitrogens with two attached hydrogens (primary N) is 1. The highest BCUT2D eigenvalue weighted by atomic mass is 16.3. The Labute approximate surface area is 94.2 Å². The first kappa shape index (κ1) is 13.0. The van der Waals surface area contributed by atoms with Crippen LogP contribution in [0.15, 0.2) is 0 Å². The molecule has 2 heteroatoms. The standard InChI is InChI=1S/C13H27NO/c1-9(2)7-11(8-14)13(15)12-6-4-5-10(12)3/h9-13,15H,4-8,14H2,1-3H3. The molecule has 0 aliphatic heterocycles. The third-order valence-electron chi connectivity index (χ3n) is 3.93. The van der Waals surface area contributed by atoms with Gasteiger partial charge < -0.3 is 10.8 Å². The van der Waals surface area contributed by atoms with E-state index in [-0.39, 0.29) is 6.10 Å². The zero-order valence-corrected chi connectivity index (χ0v) is 10.4. The van der Waals surface area contributed by atoms with Gasteiger partial charge in [0.15, 0.2) is 0 Å². The number of aliphatic hydroxyl groups excluding tert-OH is 1. The fourth-order valence-electron chi connectivity index (χ4n) is 3.01. The van der Waals surface area contributed by atoms with Crippen molar-refractivity contribution >= 4 is 0 Å². The molecule has 4 unspecified atom stereocenters. The second kappa shape index (κ2) is 5.86. The van der Waals surface area contributed by atoms with Gasteiger partial charge in [-0.1, -0.05) is 33.6 Å². The van der Waals surface area contributed by atoms with Gasteiger partial charge in [-0.3, -0.25) is 0 Å². The van der Waals surface area contributed by atoms with Crippen molar-refractivity contribution in [2.24, 2.45) is 29.4 Å². The SMILES string of the molecule is CC(C)CC(CN)C(O)C1CCCC1C. The summed E-state index contributed by atoms with van der Waals surface area (Å²) in [5.74, 6) is 2.11. The topological polar surface area (TPSA) is 46.2 Å². The molecule has 0 aromatic rings. The summed E-state index contributed by atoms with van der Waals surface area (Å²) in [6.45, 7) is 7.30. The zero-order valence-electron chi connectivity index (χ0n) is 10.4. The van der Waals surface area contributed by atoms with Crippen LogP contribution in [0, 0.1) is 23.7 Å². The minimum absolute atomic E-state index is 0.171. The summed E-state index contributed by atoms with van der Waals surface area (Å²) in [5.41, 5.74) is 5.78. The third kappa shape index (κ3) is 3.46. The van der Waals surface area contributed by atoms with E-state index < -0.39 is 0 Å². The highest BCUT2D eigenvalue weighted by Gasteiger charge is 2.33. The van der Waals surface area contributed by atoms with Crippen molar-refractivity contribution in [3.05, 3.63) is 0 Å². The maximum Gasteiger partial charge on any atom is 0.0611 e. The summed E-state index contributed by atoms with van der Waals surface area (Å²) >= 11 is 0. The van der Waals surface area contributed by atoms with Crippen molar-refractivity contribution in [1.82, 2.24) is 0 Å². The van der Waals surface area contributed by atoms with Gasteiger partial charge in [0.05, 0.1) is 6.10 Å². The molecule has 0 bridgehead atoms. The summed E-state index contributed by atoms with van der Waals surface area (Å²) < 4.78 is 0. The Kier molecular flexibility index (Phi) is 5.07. The number of aliphatic hydroxyl groups is 1. The van der Waals surface area contributed by atoms with Gasteiger partial charge in [-0.15, -0.1) is 0 Å². The minimum Gasteiger partial charge on any atom is -0.392 e. The lowest BCUT2D eigenvalue weighted by Crippen LogP contribution is -2.36. The van der Waals surface area contributed by atoms with Crippen molar-refractivity contribution in [1.29, 1.82) is 0 Å². The Morgan fingerprint density at radius 1 is 1.33 bits per heavy atom. The lowest BCUT2D eigenvalue weighted by atomic mass is 9.81. The van der Waals surface area contributed by atoms with E-state index in [0.29, 0.717) is 30.2 Å². The van der Waals surface area contributed by atoms with Gasteiger partial charge in [0.1, 0.15) is 0 Å². The Bertz CT molecular complexity index is 181. The molecule has 0 amide bonds.